The highest BCUT2D eigenvalue weighted by atomic mass is 35.5. The minimum absolute atomic E-state index is 0.0429. The van der Waals surface area contributed by atoms with Crippen LogP contribution in [0.3, 0.4) is 0 Å². The first-order valence-corrected chi connectivity index (χ1v) is 12.7. The fraction of sp³-hybridized carbons (Fsp3) is 0.423. The molecule has 1 fully saturated rings. The van der Waals surface area contributed by atoms with Crippen LogP contribution in [-0.4, -0.2) is 74.1 Å². The molecule has 10 heteroatoms. The molecule has 1 saturated heterocycles. The van der Waals surface area contributed by atoms with Gasteiger partial charge >= 0.3 is 0 Å². The summed E-state index contributed by atoms with van der Waals surface area (Å²) in [6.07, 6.45) is 4.47. The summed E-state index contributed by atoms with van der Waals surface area (Å²) in [5.41, 5.74) is 4.97. The van der Waals surface area contributed by atoms with Crippen LogP contribution in [-0.2, 0) is 24.3 Å². The van der Waals surface area contributed by atoms with Crippen molar-refractivity contribution in [3.05, 3.63) is 58.1 Å². The van der Waals surface area contributed by atoms with Gasteiger partial charge in [0.25, 0.3) is 5.91 Å². The summed E-state index contributed by atoms with van der Waals surface area (Å²) in [4.78, 5) is 41.1. The first kappa shape index (κ1) is 24.2. The number of carbonyl (C=O) groups excluding carboxylic acids is 2. The van der Waals surface area contributed by atoms with Crippen molar-refractivity contribution >= 4 is 29.2 Å². The largest absolute Gasteiger partial charge is 0.351 e. The smallest absolute Gasteiger partial charge is 0.255 e. The summed E-state index contributed by atoms with van der Waals surface area (Å²) in [5.74, 6) is 0.802. The van der Waals surface area contributed by atoms with Crippen molar-refractivity contribution in [2.45, 2.75) is 40.3 Å². The molecular formula is C26H30ClN7O2. The molecule has 2 aromatic heterocycles. The molecule has 0 atom stereocenters. The number of rotatable bonds is 4. The van der Waals surface area contributed by atoms with Crippen LogP contribution in [0.15, 0.2) is 30.6 Å². The van der Waals surface area contributed by atoms with Gasteiger partial charge in [-0.05, 0) is 26.0 Å². The minimum atomic E-state index is -0.0476. The quantitative estimate of drug-likeness (QED) is 0.539. The monoisotopic (exact) mass is 507 g/mol. The number of halogens is 1. The molecule has 4 heterocycles. The van der Waals surface area contributed by atoms with Crippen molar-refractivity contribution in [3.63, 3.8) is 0 Å². The number of nitrogens with zero attached hydrogens (tertiary/aromatic N) is 7. The van der Waals surface area contributed by atoms with E-state index in [9.17, 15) is 9.59 Å². The van der Waals surface area contributed by atoms with Crippen LogP contribution in [0.1, 0.15) is 41.2 Å². The van der Waals surface area contributed by atoms with Gasteiger partial charge in [-0.3, -0.25) is 14.3 Å². The fourth-order valence-electron chi connectivity index (χ4n) is 4.76. The molecule has 3 aromatic rings. The molecule has 0 N–H and O–H groups in total. The van der Waals surface area contributed by atoms with Crippen LogP contribution in [0.25, 0.3) is 11.3 Å². The summed E-state index contributed by atoms with van der Waals surface area (Å²) in [6, 6.07) is 5.53. The molecule has 36 heavy (non-hydrogen) atoms. The third kappa shape index (κ3) is 4.67. The van der Waals surface area contributed by atoms with Gasteiger partial charge < -0.3 is 14.7 Å². The topological polar surface area (TPSA) is 87.5 Å². The molecule has 0 radical (unpaired) electrons. The third-order valence-electron chi connectivity index (χ3n) is 6.89. The molecule has 0 spiro atoms. The van der Waals surface area contributed by atoms with E-state index < -0.39 is 0 Å². The Morgan fingerprint density at radius 2 is 1.81 bits per heavy atom. The summed E-state index contributed by atoms with van der Waals surface area (Å²) in [7, 11) is 0. The summed E-state index contributed by atoms with van der Waals surface area (Å²) in [5, 5.41) is 4.91. The Bertz CT molecular complexity index is 1310. The maximum Gasteiger partial charge on any atom is 0.255 e. The van der Waals surface area contributed by atoms with Gasteiger partial charge in [0.2, 0.25) is 5.91 Å². The van der Waals surface area contributed by atoms with Gasteiger partial charge in [-0.2, -0.15) is 5.10 Å². The normalized spacial score (nSPS) is 15.7. The molecule has 0 bridgehead atoms. The molecule has 0 saturated carbocycles. The van der Waals surface area contributed by atoms with Gasteiger partial charge in [0.15, 0.2) is 5.82 Å². The van der Waals surface area contributed by atoms with E-state index in [0.717, 1.165) is 40.6 Å². The van der Waals surface area contributed by atoms with Crippen LogP contribution in [0.5, 0.6) is 0 Å². The van der Waals surface area contributed by atoms with Gasteiger partial charge in [-0.15, -0.1) is 0 Å². The predicted octanol–water partition coefficient (Wildman–Crippen LogP) is 3.19. The lowest BCUT2D eigenvalue weighted by molar-refractivity contribution is -0.129. The van der Waals surface area contributed by atoms with Crippen molar-refractivity contribution < 1.29 is 9.59 Å². The maximum atomic E-state index is 13.2. The minimum Gasteiger partial charge on any atom is -0.351 e. The van der Waals surface area contributed by atoms with E-state index in [1.54, 1.807) is 17.9 Å². The Kier molecular flexibility index (Phi) is 6.66. The second-order valence-corrected chi connectivity index (χ2v) is 9.73. The number of amides is 2. The highest BCUT2D eigenvalue weighted by Crippen LogP contribution is 2.31. The predicted molar refractivity (Wildman–Crippen MR) is 138 cm³/mol. The number of piperazine rings is 1. The van der Waals surface area contributed by atoms with E-state index >= 15 is 0 Å². The lowest BCUT2D eigenvalue weighted by Crippen LogP contribution is -2.49. The van der Waals surface area contributed by atoms with Gasteiger partial charge in [0, 0.05) is 64.4 Å². The lowest BCUT2D eigenvalue weighted by atomic mass is 10.1. The van der Waals surface area contributed by atoms with Crippen LogP contribution in [0.2, 0.25) is 5.02 Å². The number of aromatic nitrogens is 4. The van der Waals surface area contributed by atoms with Crippen molar-refractivity contribution in [1.82, 2.24) is 29.5 Å². The van der Waals surface area contributed by atoms with E-state index in [1.807, 2.05) is 48.0 Å². The van der Waals surface area contributed by atoms with Crippen LogP contribution < -0.4 is 4.90 Å². The van der Waals surface area contributed by atoms with Crippen molar-refractivity contribution in [2.24, 2.45) is 0 Å². The van der Waals surface area contributed by atoms with E-state index in [1.165, 1.54) is 0 Å². The highest BCUT2D eigenvalue weighted by Gasteiger charge is 2.29. The van der Waals surface area contributed by atoms with Crippen LogP contribution in [0.4, 0.5) is 5.82 Å². The SMILES string of the molecule is CCn1cc(-c2nc3c(nc2N2CCN(C(=O)c4cc(C)ccc4Cl)CC2)CCN(C(C)=O)C3)cn1. The molecule has 0 unspecified atom stereocenters. The average Bonchev–Trinajstić information content (AvgIpc) is 3.38. The van der Waals surface area contributed by atoms with Gasteiger partial charge in [0.1, 0.15) is 5.69 Å². The number of carbonyl (C=O) groups is 2. The molecule has 188 valence electrons. The Morgan fingerprint density at radius 1 is 1.03 bits per heavy atom. The second-order valence-electron chi connectivity index (χ2n) is 9.33. The summed E-state index contributed by atoms with van der Waals surface area (Å²) in [6.45, 7) is 9.85. The molecule has 2 aliphatic heterocycles. The Morgan fingerprint density at radius 3 is 2.50 bits per heavy atom. The van der Waals surface area contributed by atoms with Crippen molar-refractivity contribution in [2.75, 3.05) is 37.6 Å². The van der Waals surface area contributed by atoms with E-state index in [0.29, 0.717) is 56.3 Å². The number of anilines is 1. The summed E-state index contributed by atoms with van der Waals surface area (Å²) < 4.78 is 1.87. The lowest BCUT2D eigenvalue weighted by Gasteiger charge is -2.37. The van der Waals surface area contributed by atoms with E-state index in [2.05, 4.69) is 10.00 Å². The first-order valence-electron chi connectivity index (χ1n) is 12.3. The van der Waals surface area contributed by atoms with Gasteiger partial charge in [0.05, 0.1) is 34.7 Å². The highest BCUT2D eigenvalue weighted by molar-refractivity contribution is 6.33. The van der Waals surface area contributed by atoms with Gasteiger partial charge in [-0.1, -0.05) is 23.2 Å². The number of hydrogen-bond acceptors (Lipinski definition) is 6. The van der Waals surface area contributed by atoms with Crippen LogP contribution in [0, 0.1) is 6.92 Å². The summed E-state index contributed by atoms with van der Waals surface area (Å²) >= 11 is 6.33. The molecule has 0 aliphatic carbocycles. The number of fused-ring (bicyclic) bond motifs is 1. The zero-order valence-electron chi connectivity index (χ0n) is 20.9. The molecule has 1 aromatic carbocycles. The van der Waals surface area contributed by atoms with E-state index in [4.69, 9.17) is 21.6 Å². The Balaban J connectivity index is 1.42. The average molecular weight is 508 g/mol. The van der Waals surface area contributed by atoms with Gasteiger partial charge in [-0.25, -0.2) is 9.97 Å². The second kappa shape index (κ2) is 9.89. The van der Waals surface area contributed by atoms with E-state index in [-0.39, 0.29) is 11.8 Å². The molecule has 9 nitrogen and oxygen atoms in total. The number of benzene rings is 1. The fourth-order valence-corrected chi connectivity index (χ4v) is 4.96. The first-order chi connectivity index (χ1) is 17.3. The number of hydrogen-bond donors (Lipinski definition) is 0. The standard InChI is InChI=1S/C26H30ClN7O2/c1-4-34-15-19(14-28-34)24-25(30-22-7-8-33(18(3)35)16-23(22)29-24)31-9-11-32(12-10-31)26(36)20-13-17(2)5-6-21(20)27/h5-6,13-15H,4,7-12,16H2,1-3H3. The molecule has 5 rings (SSSR count). The zero-order chi connectivity index (χ0) is 25.4. The molecule has 2 aliphatic rings. The van der Waals surface area contributed by atoms with Crippen LogP contribution >= 0.6 is 11.6 Å². The Hall–Kier alpha value is -3.46. The maximum absolute atomic E-state index is 13.2. The molecule has 2 amide bonds. The Labute approximate surface area is 215 Å². The molecular weight excluding hydrogens is 478 g/mol. The van der Waals surface area contributed by atoms with Crippen molar-refractivity contribution in [1.29, 1.82) is 0 Å². The zero-order valence-corrected chi connectivity index (χ0v) is 21.6. The van der Waals surface area contributed by atoms with Crippen molar-refractivity contribution in [3.8, 4) is 11.3 Å². The number of aryl methyl sites for hydroxylation is 2. The third-order valence-corrected chi connectivity index (χ3v) is 7.22.